The molecule has 6 nitrogen and oxygen atoms in total. The zero-order chi connectivity index (χ0) is 22.4. The van der Waals surface area contributed by atoms with Crippen molar-refractivity contribution in [2.75, 3.05) is 7.11 Å². The number of rotatable bonds is 5. The van der Waals surface area contributed by atoms with Gasteiger partial charge in [-0.15, -0.1) is 0 Å². The number of nitrogens with one attached hydrogen (secondary N) is 1. The number of ether oxygens (including phenoxy) is 1. The van der Waals surface area contributed by atoms with Crippen LogP contribution < -0.4 is 5.32 Å². The van der Waals surface area contributed by atoms with Crippen molar-refractivity contribution in [2.24, 2.45) is 16.8 Å². The monoisotopic (exact) mass is 455 g/mol. The first-order chi connectivity index (χ1) is 15.4. The van der Waals surface area contributed by atoms with E-state index in [0.717, 1.165) is 18.0 Å². The van der Waals surface area contributed by atoms with E-state index in [1.54, 1.807) is 19.1 Å². The third kappa shape index (κ3) is 3.74. The molecule has 0 aromatic heterocycles. The maximum Gasteiger partial charge on any atom is 0.338 e. The predicted octanol–water partition coefficient (Wildman–Crippen LogP) is 4.27. The fourth-order valence-electron chi connectivity index (χ4n) is 5.58. The third-order valence-electron chi connectivity index (χ3n) is 7.00. The number of fused-ring (bicyclic) bond motifs is 3. The van der Waals surface area contributed by atoms with Crippen LogP contribution in [0.25, 0.3) is 0 Å². The molecule has 0 spiro atoms. The quantitative estimate of drug-likeness (QED) is 0.672. The average molecular weight is 456 g/mol. The van der Waals surface area contributed by atoms with E-state index in [-0.39, 0.29) is 24.2 Å². The molecule has 2 bridgehead atoms. The number of hydrogen-bond donors (Lipinski definition) is 1. The van der Waals surface area contributed by atoms with Crippen molar-refractivity contribution in [1.29, 1.82) is 0 Å². The van der Waals surface area contributed by atoms with Gasteiger partial charge in [-0.25, -0.2) is 14.2 Å². The van der Waals surface area contributed by atoms with Gasteiger partial charge in [-0.2, -0.15) is 0 Å². The Morgan fingerprint density at radius 1 is 1.31 bits per heavy atom. The van der Waals surface area contributed by atoms with Crippen LogP contribution in [0, 0.1) is 17.7 Å². The molecule has 2 heterocycles. The van der Waals surface area contributed by atoms with Gasteiger partial charge in [-0.3, -0.25) is 4.79 Å². The van der Waals surface area contributed by atoms with E-state index in [0.29, 0.717) is 27.9 Å². The molecule has 168 valence electrons. The van der Waals surface area contributed by atoms with Crippen LogP contribution in [0.1, 0.15) is 50.6 Å². The number of nitrogens with zero attached hydrogens (tertiary/aromatic N) is 2. The number of thioether (sulfide) groups is 1. The van der Waals surface area contributed by atoms with Crippen molar-refractivity contribution in [3.8, 4) is 0 Å². The first kappa shape index (κ1) is 21.2. The molecule has 1 aromatic carbocycles. The highest BCUT2D eigenvalue weighted by atomic mass is 32.2. The minimum Gasteiger partial charge on any atom is -0.466 e. The molecular formula is C24H26FN3O3S. The molecule has 1 N–H and O–H groups in total. The standard InChI is InChI=1S/C24H26FN3O3S/c1-13-21(23(30)31-2)22(16-4-3-5-17(25)10-16)28-18(12-32-24(28)26-13)11-20(29)27-19-9-14-6-7-15(19)8-14/h3-5,10,12,14-15,19,22H,6-9,11H2,1-2H3,(H,27,29)/t14-,15-,19+,22+/m0/s1. The number of amidine groups is 1. The number of halogens is 1. The number of allylic oxidation sites excluding steroid dienone is 1. The Hall–Kier alpha value is -2.61. The molecule has 0 saturated heterocycles. The minimum absolute atomic E-state index is 0.0282. The molecule has 1 amide bonds. The van der Waals surface area contributed by atoms with Gasteiger partial charge in [0.25, 0.3) is 0 Å². The Balaban J connectivity index is 1.42. The molecule has 2 saturated carbocycles. The number of amides is 1. The fourth-order valence-corrected chi connectivity index (χ4v) is 6.54. The summed E-state index contributed by atoms with van der Waals surface area (Å²) in [5, 5.41) is 5.81. The summed E-state index contributed by atoms with van der Waals surface area (Å²) in [6.07, 6.45) is 4.95. The molecule has 0 radical (unpaired) electrons. The summed E-state index contributed by atoms with van der Waals surface area (Å²) in [5.41, 5.74) is 2.24. The highest BCUT2D eigenvalue weighted by Gasteiger charge is 2.43. The highest BCUT2D eigenvalue weighted by Crippen LogP contribution is 2.46. The van der Waals surface area contributed by atoms with E-state index in [1.807, 2.05) is 10.3 Å². The lowest BCUT2D eigenvalue weighted by Gasteiger charge is -2.36. The zero-order valence-corrected chi connectivity index (χ0v) is 19.0. The van der Waals surface area contributed by atoms with Crippen molar-refractivity contribution >= 4 is 28.8 Å². The number of esters is 1. The largest absolute Gasteiger partial charge is 0.466 e. The molecule has 2 aliphatic carbocycles. The van der Waals surface area contributed by atoms with Crippen LogP contribution in [0.15, 0.2) is 51.6 Å². The number of methoxy groups -OCH3 is 1. The summed E-state index contributed by atoms with van der Waals surface area (Å²) in [4.78, 5) is 32.1. The second-order valence-electron chi connectivity index (χ2n) is 8.97. The molecule has 0 unspecified atom stereocenters. The summed E-state index contributed by atoms with van der Waals surface area (Å²) in [6.45, 7) is 1.75. The first-order valence-corrected chi connectivity index (χ1v) is 11.9. The molecule has 8 heteroatoms. The number of carbonyl (C=O) groups excluding carboxylic acids is 2. The van der Waals surface area contributed by atoms with E-state index in [2.05, 4.69) is 10.3 Å². The molecule has 32 heavy (non-hydrogen) atoms. The highest BCUT2D eigenvalue weighted by molar-refractivity contribution is 8.16. The van der Waals surface area contributed by atoms with E-state index in [9.17, 15) is 14.0 Å². The van der Waals surface area contributed by atoms with E-state index in [1.165, 1.54) is 50.3 Å². The van der Waals surface area contributed by atoms with Crippen LogP contribution in [-0.4, -0.2) is 35.1 Å². The fraction of sp³-hybridized carbons (Fsp3) is 0.458. The van der Waals surface area contributed by atoms with Crippen molar-refractivity contribution in [1.82, 2.24) is 10.2 Å². The molecule has 5 rings (SSSR count). The topological polar surface area (TPSA) is 71.0 Å². The molecule has 2 aliphatic heterocycles. The zero-order valence-electron chi connectivity index (χ0n) is 18.1. The van der Waals surface area contributed by atoms with Gasteiger partial charge in [-0.05, 0) is 61.1 Å². The van der Waals surface area contributed by atoms with Crippen LogP contribution in [0.3, 0.4) is 0 Å². The van der Waals surface area contributed by atoms with Crippen molar-refractivity contribution < 1.29 is 18.7 Å². The van der Waals surface area contributed by atoms with Crippen molar-refractivity contribution in [2.45, 2.75) is 51.1 Å². The third-order valence-corrected chi connectivity index (χ3v) is 7.89. The van der Waals surface area contributed by atoms with Gasteiger partial charge in [-0.1, -0.05) is 30.3 Å². The smallest absolute Gasteiger partial charge is 0.338 e. The first-order valence-electron chi connectivity index (χ1n) is 11.0. The SMILES string of the molecule is COC(=O)C1=C(C)N=C2SC=C(CC(=O)N[C@@H]3C[C@H]4CC[C@H]3C4)N2[C@@H]1c1cccc(F)c1. The number of aliphatic imine (C=N–C) groups is 1. The lowest BCUT2D eigenvalue weighted by atomic mass is 9.93. The maximum absolute atomic E-state index is 14.1. The molecule has 4 aliphatic rings. The Morgan fingerprint density at radius 3 is 2.84 bits per heavy atom. The van der Waals surface area contributed by atoms with Crippen LogP contribution >= 0.6 is 11.8 Å². The van der Waals surface area contributed by atoms with Crippen LogP contribution in [0.5, 0.6) is 0 Å². The summed E-state index contributed by atoms with van der Waals surface area (Å²) in [7, 11) is 1.32. The number of benzene rings is 1. The second-order valence-corrected chi connectivity index (χ2v) is 9.80. The van der Waals surface area contributed by atoms with Crippen molar-refractivity contribution in [3.63, 3.8) is 0 Å². The molecular weight excluding hydrogens is 429 g/mol. The van der Waals surface area contributed by atoms with Gasteiger partial charge in [0, 0.05) is 11.7 Å². The van der Waals surface area contributed by atoms with Crippen LogP contribution in [0.2, 0.25) is 0 Å². The van der Waals surface area contributed by atoms with Gasteiger partial charge in [0.1, 0.15) is 5.82 Å². The van der Waals surface area contributed by atoms with Gasteiger partial charge < -0.3 is 15.0 Å². The Labute approximate surface area is 191 Å². The van der Waals surface area contributed by atoms with Crippen molar-refractivity contribution in [3.05, 3.63) is 58.0 Å². The summed E-state index contributed by atoms with van der Waals surface area (Å²) >= 11 is 1.41. The molecule has 1 aromatic rings. The maximum atomic E-state index is 14.1. The van der Waals surface area contributed by atoms with E-state index >= 15 is 0 Å². The number of hydrogen-bond acceptors (Lipinski definition) is 6. The number of carbonyl (C=O) groups is 2. The van der Waals surface area contributed by atoms with Gasteiger partial charge in [0.05, 0.1) is 30.8 Å². The lowest BCUT2D eigenvalue weighted by molar-refractivity contribution is -0.136. The van der Waals surface area contributed by atoms with Gasteiger partial charge in [0.2, 0.25) is 5.91 Å². The van der Waals surface area contributed by atoms with Crippen LogP contribution in [-0.2, 0) is 14.3 Å². The summed E-state index contributed by atoms with van der Waals surface area (Å²) in [5.74, 6) is 0.418. The Kier molecular flexibility index (Phi) is 5.57. The van der Waals surface area contributed by atoms with Gasteiger partial charge >= 0.3 is 5.97 Å². The van der Waals surface area contributed by atoms with E-state index < -0.39 is 12.0 Å². The molecule has 2 fully saturated rings. The average Bonchev–Trinajstić information content (AvgIpc) is 3.48. The predicted molar refractivity (Wildman–Crippen MR) is 121 cm³/mol. The lowest BCUT2D eigenvalue weighted by Crippen LogP contribution is -2.41. The normalized spacial score (nSPS) is 28.4. The second kappa shape index (κ2) is 8.39. The van der Waals surface area contributed by atoms with Gasteiger partial charge in [0.15, 0.2) is 5.17 Å². The summed E-state index contributed by atoms with van der Waals surface area (Å²) < 4.78 is 19.1. The van der Waals surface area contributed by atoms with E-state index in [4.69, 9.17) is 4.74 Å². The summed E-state index contributed by atoms with van der Waals surface area (Å²) in [6, 6.07) is 5.84. The molecule has 4 atom stereocenters. The Morgan fingerprint density at radius 2 is 2.16 bits per heavy atom. The Bertz CT molecular complexity index is 1070. The van der Waals surface area contributed by atoms with Crippen LogP contribution in [0.4, 0.5) is 4.39 Å². The minimum atomic E-state index is -0.609.